The SMILES string of the molecule is CB(O)N[C@@H](Cc1ccc(O)cc1)C(=O)OC(C)(C)C. The van der Waals surface area contributed by atoms with E-state index in [0.717, 1.165) is 5.56 Å². The van der Waals surface area contributed by atoms with Gasteiger partial charge in [-0.1, -0.05) is 12.1 Å². The number of carbonyl (C=O) groups is 1. The van der Waals surface area contributed by atoms with Crippen LogP contribution in [0.5, 0.6) is 5.75 Å². The van der Waals surface area contributed by atoms with Crippen molar-refractivity contribution >= 4 is 13.0 Å². The second kappa shape index (κ2) is 6.77. The van der Waals surface area contributed by atoms with E-state index in [1.54, 1.807) is 51.9 Å². The molecule has 0 aliphatic rings. The lowest BCUT2D eigenvalue weighted by atomic mass is 9.86. The Balaban J connectivity index is 2.78. The van der Waals surface area contributed by atoms with Crippen LogP contribution in [0.15, 0.2) is 24.3 Å². The summed E-state index contributed by atoms with van der Waals surface area (Å²) in [6.07, 6.45) is 0.375. The third-order valence-corrected chi connectivity index (χ3v) is 2.51. The predicted molar refractivity (Wildman–Crippen MR) is 78.4 cm³/mol. The highest BCUT2D eigenvalue weighted by Gasteiger charge is 2.27. The largest absolute Gasteiger partial charge is 0.508 e. The molecule has 1 aromatic rings. The number of aromatic hydroxyl groups is 1. The van der Waals surface area contributed by atoms with Gasteiger partial charge in [0.15, 0.2) is 0 Å². The number of hydrogen-bond donors (Lipinski definition) is 3. The average molecular weight is 279 g/mol. The molecule has 5 nitrogen and oxygen atoms in total. The minimum absolute atomic E-state index is 0.172. The number of esters is 1. The Bertz CT molecular complexity index is 439. The van der Waals surface area contributed by atoms with Gasteiger partial charge >= 0.3 is 13.0 Å². The van der Waals surface area contributed by atoms with Crippen molar-refractivity contribution in [1.29, 1.82) is 0 Å². The Morgan fingerprint density at radius 3 is 2.35 bits per heavy atom. The van der Waals surface area contributed by atoms with Gasteiger partial charge in [-0.15, -0.1) is 0 Å². The zero-order valence-electron chi connectivity index (χ0n) is 12.4. The summed E-state index contributed by atoms with van der Waals surface area (Å²) < 4.78 is 5.33. The third kappa shape index (κ3) is 6.08. The molecule has 0 spiro atoms. The number of ether oxygens (including phenoxy) is 1. The summed E-state index contributed by atoms with van der Waals surface area (Å²) in [6.45, 7) is 6.94. The van der Waals surface area contributed by atoms with Crippen LogP contribution in [0.3, 0.4) is 0 Å². The molecule has 6 heteroatoms. The van der Waals surface area contributed by atoms with Crippen LogP contribution < -0.4 is 5.23 Å². The molecule has 0 aliphatic carbocycles. The molecule has 20 heavy (non-hydrogen) atoms. The Kier molecular flexibility index (Phi) is 5.59. The number of phenols is 1. The highest BCUT2D eigenvalue weighted by molar-refractivity contribution is 6.46. The molecule has 1 atom stereocenters. The highest BCUT2D eigenvalue weighted by Crippen LogP contribution is 2.14. The van der Waals surface area contributed by atoms with E-state index in [1.165, 1.54) is 0 Å². The van der Waals surface area contributed by atoms with Crippen LogP contribution >= 0.6 is 0 Å². The molecule has 0 saturated heterocycles. The Morgan fingerprint density at radius 1 is 1.35 bits per heavy atom. The normalized spacial score (nSPS) is 12.8. The van der Waals surface area contributed by atoms with E-state index in [2.05, 4.69) is 5.23 Å². The minimum Gasteiger partial charge on any atom is -0.508 e. The molecule has 0 aliphatic heterocycles. The van der Waals surface area contributed by atoms with Crippen molar-refractivity contribution < 1.29 is 19.7 Å². The summed E-state index contributed by atoms with van der Waals surface area (Å²) in [7, 11) is -0.815. The molecular weight excluding hydrogens is 257 g/mol. The summed E-state index contributed by atoms with van der Waals surface area (Å²) in [5.74, 6) is -0.238. The van der Waals surface area contributed by atoms with E-state index in [1.807, 2.05) is 0 Å². The van der Waals surface area contributed by atoms with E-state index < -0.39 is 24.7 Å². The zero-order valence-corrected chi connectivity index (χ0v) is 12.4. The second-order valence-electron chi connectivity index (χ2n) is 5.80. The summed E-state index contributed by atoms with van der Waals surface area (Å²) in [5, 5.41) is 21.5. The molecule has 0 unspecified atom stereocenters. The maximum absolute atomic E-state index is 12.1. The minimum atomic E-state index is -0.815. The number of benzene rings is 1. The summed E-state index contributed by atoms with van der Waals surface area (Å²) in [5.41, 5.74) is 0.289. The van der Waals surface area contributed by atoms with E-state index >= 15 is 0 Å². The van der Waals surface area contributed by atoms with E-state index in [9.17, 15) is 14.9 Å². The van der Waals surface area contributed by atoms with Gasteiger partial charge in [-0.3, -0.25) is 4.79 Å². The van der Waals surface area contributed by atoms with Crippen LogP contribution in [0, 0.1) is 0 Å². The van der Waals surface area contributed by atoms with E-state index in [-0.39, 0.29) is 5.75 Å². The van der Waals surface area contributed by atoms with Crippen molar-refractivity contribution in [2.45, 2.75) is 45.7 Å². The summed E-state index contributed by atoms with van der Waals surface area (Å²) in [6, 6.07) is 5.94. The van der Waals surface area contributed by atoms with Gasteiger partial charge < -0.3 is 20.1 Å². The van der Waals surface area contributed by atoms with Gasteiger partial charge in [0.2, 0.25) is 0 Å². The highest BCUT2D eigenvalue weighted by atomic mass is 16.6. The van der Waals surface area contributed by atoms with Crippen LogP contribution in [-0.2, 0) is 16.0 Å². The van der Waals surface area contributed by atoms with Crippen LogP contribution in [0.2, 0.25) is 6.82 Å². The standard InChI is InChI=1S/C14H22BNO4/c1-14(2,3)20-13(18)12(16-15(4)19)9-10-5-7-11(17)8-6-10/h5-8,12,16-17,19H,9H2,1-4H3/t12-/m0/s1. The molecule has 0 fully saturated rings. The van der Waals surface area contributed by atoms with Crippen molar-refractivity contribution in [2.24, 2.45) is 0 Å². The second-order valence-corrected chi connectivity index (χ2v) is 5.80. The van der Waals surface area contributed by atoms with Crippen LogP contribution in [-0.4, -0.2) is 34.8 Å². The van der Waals surface area contributed by atoms with Crippen molar-refractivity contribution in [3.8, 4) is 5.75 Å². The quantitative estimate of drug-likeness (QED) is 0.560. The monoisotopic (exact) mass is 279 g/mol. The number of carbonyl (C=O) groups excluding carboxylic acids is 1. The van der Waals surface area contributed by atoms with Gasteiger partial charge in [0.25, 0.3) is 0 Å². The Morgan fingerprint density at radius 2 is 1.90 bits per heavy atom. The van der Waals surface area contributed by atoms with Gasteiger partial charge in [-0.2, -0.15) is 0 Å². The fourth-order valence-corrected chi connectivity index (χ4v) is 1.74. The maximum Gasteiger partial charge on any atom is 0.374 e. The molecule has 0 radical (unpaired) electrons. The van der Waals surface area contributed by atoms with Crippen LogP contribution in [0.25, 0.3) is 0 Å². The van der Waals surface area contributed by atoms with Gasteiger partial charge in [0, 0.05) is 0 Å². The molecule has 110 valence electrons. The molecular formula is C14H22BNO4. The predicted octanol–water partition coefficient (Wildman–Crippen LogP) is 1.34. The van der Waals surface area contributed by atoms with Crippen molar-refractivity contribution in [3.63, 3.8) is 0 Å². The first kappa shape index (κ1) is 16.5. The lowest BCUT2D eigenvalue weighted by Crippen LogP contribution is -2.48. The molecule has 0 saturated carbocycles. The topological polar surface area (TPSA) is 78.8 Å². The van der Waals surface area contributed by atoms with Crippen LogP contribution in [0.4, 0.5) is 0 Å². The molecule has 1 rings (SSSR count). The van der Waals surface area contributed by atoms with Gasteiger partial charge in [0.05, 0.1) is 0 Å². The number of phenolic OH excluding ortho intramolecular Hbond substituents is 1. The first-order valence-electron chi connectivity index (χ1n) is 6.62. The molecule has 3 N–H and O–H groups in total. The van der Waals surface area contributed by atoms with Gasteiger partial charge in [-0.05, 0) is 51.7 Å². The van der Waals surface area contributed by atoms with Gasteiger partial charge in [0.1, 0.15) is 17.4 Å². The van der Waals surface area contributed by atoms with Crippen molar-refractivity contribution in [3.05, 3.63) is 29.8 Å². The Labute approximate surface area is 120 Å². The van der Waals surface area contributed by atoms with Crippen molar-refractivity contribution in [1.82, 2.24) is 5.23 Å². The van der Waals surface area contributed by atoms with Gasteiger partial charge in [-0.25, -0.2) is 0 Å². The molecule has 0 aromatic heterocycles. The number of nitrogens with one attached hydrogen (secondary N) is 1. The molecule has 1 aromatic carbocycles. The molecule has 0 amide bonds. The van der Waals surface area contributed by atoms with E-state index in [4.69, 9.17) is 4.74 Å². The lowest BCUT2D eigenvalue weighted by Gasteiger charge is -2.25. The van der Waals surface area contributed by atoms with E-state index in [0.29, 0.717) is 6.42 Å². The first-order chi connectivity index (χ1) is 9.17. The number of rotatable bonds is 5. The lowest BCUT2D eigenvalue weighted by molar-refractivity contribution is -0.157. The fraction of sp³-hybridized carbons (Fsp3) is 0.500. The number of hydrogen-bond acceptors (Lipinski definition) is 5. The molecule has 0 heterocycles. The summed E-state index contributed by atoms with van der Waals surface area (Å²) in [4.78, 5) is 12.1. The first-order valence-corrected chi connectivity index (χ1v) is 6.62. The Hall–Kier alpha value is -1.53. The zero-order chi connectivity index (χ0) is 15.3. The third-order valence-electron chi connectivity index (χ3n) is 2.51. The smallest absolute Gasteiger partial charge is 0.374 e. The maximum atomic E-state index is 12.1. The molecule has 0 bridgehead atoms. The van der Waals surface area contributed by atoms with Crippen LogP contribution in [0.1, 0.15) is 26.3 Å². The summed E-state index contributed by atoms with van der Waals surface area (Å²) >= 11 is 0. The fourth-order valence-electron chi connectivity index (χ4n) is 1.74. The van der Waals surface area contributed by atoms with Crippen molar-refractivity contribution in [2.75, 3.05) is 0 Å². The average Bonchev–Trinajstić information content (AvgIpc) is 2.28.